The fourth-order valence-corrected chi connectivity index (χ4v) is 2.70. The second-order valence-electron chi connectivity index (χ2n) is 6.28. The van der Waals surface area contributed by atoms with Crippen molar-refractivity contribution in [2.45, 2.75) is 27.0 Å². The first kappa shape index (κ1) is 20.5. The first-order valence-electron chi connectivity index (χ1n) is 8.81. The molecule has 2 heterocycles. The van der Waals surface area contributed by atoms with Crippen LogP contribution in [0.15, 0.2) is 24.5 Å². The Balaban J connectivity index is 1.67. The Labute approximate surface area is 166 Å². The Bertz CT molecular complexity index is 992. The molecule has 0 amide bonds. The number of aliphatic hydroxyl groups is 1. The molecule has 3 aromatic rings. The summed E-state index contributed by atoms with van der Waals surface area (Å²) in [5.41, 5.74) is 0.904. The molecule has 0 aliphatic rings. The van der Waals surface area contributed by atoms with Crippen molar-refractivity contribution in [3.05, 3.63) is 53.0 Å². The lowest BCUT2D eigenvalue weighted by Gasteiger charge is -2.12. The predicted octanol–water partition coefficient (Wildman–Crippen LogP) is 2.89. The number of aliphatic hydroxyl groups excluding tert-OH is 1. The van der Waals surface area contributed by atoms with Crippen LogP contribution in [0.2, 0.25) is 0 Å². The first-order chi connectivity index (χ1) is 13.9. The van der Waals surface area contributed by atoms with Gasteiger partial charge in [-0.1, -0.05) is 0 Å². The molecule has 8 nitrogen and oxygen atoms in total. The number of hydrogen-bond donors (Lipinski definition) is 2. The monoisotopic (exact) mass is 405 g/mol. The van der Waals surface area contributed by atoms with Crippen LogP contribution in [0.5, 0.6) is 11.5 Å². The van der Waals surface area contributed by atoms with Crippen LogP contribution in [0.4, 0.5) is 20.5 Å². The van der Waals surface area contributed by atoms with Crippen molar-refractivity contribution in [3.8, 4) is 11.5 Å². The van der Waals surface area contributed by atoms with Crippen LogP contribution in [0.1, 0.15) is 16.8 Å². The Morgan fingerprint density at radius 1 is 1.14 bits per heavy atom. The Hall–Kier alpha value is -3.27. The number of aromatic nitrogens is 4. The van der Waals surface area contributed by atoms with Crippen molar-refractivity contribution in [1.29, 1.82) is 0 Å². The summed E-state index contributed by atoms with van der Waals surface area (Å²) in [4.78, 5) is 8.22. The molecule has 0 unspecified atom stereocenters. The van der Waals surface area contributed by atoms with Gasteiger partial charge in [-0.05, 0) is 25.5 Å². The van der Waals surface area contributed by atoms with Crippen molar-refractivity contribution in [2.75, 3.05) is 19.0 Å². The van der Waals surface area contributed by atoms with Crippen LogP contribution in [-0.4, -0.2) is 38.6 Å². The van der Waals surface area contributed by atoms with Crippen molar-refractivity contribution in [3.63, 3.8) is 0 Å². The molecular weight excluding hydrogens is 384 g/mol. The molecule has 10 heteroatoms. The number of nitrogens with zero attached hydrogens (tertiary/aromatic N) is 4. The van der Waals surface area contributed by atoms with Gasteiger partial charge in [-0.2, -0.15) is 5.10 Å². The summed E-state index contributed by atoms with van der Waals surface area (Å²) in [7, 11) is 1.31. The lowest BCUT2D eigenvalue weighted by molar-refractivity contribution is 0.268. The molecule has 0 atom stereocenters. The van der Waals surface area contributed by atoms with Crippen molar-refractivity contribution < 1.29 is 23.4 Å². The number of aryl methyl sites for hydroxylation is 2. The number of rotatable bonds is 8. The highest BCUT2D eigenvalue weighted by atomic mass is 19.1. The molecule has 0 saturated heterocycles. The molecule has 0 saturated carbocycles. The number of hydrogen-bond acceptors (Lipinski definition) is 7. The SMILES string of the molecule is COc1cc(C)c(F)c(COc2cnc(Nc3cc(C)n(CCO)n3)nc2)c1F. The van der Waals surface area contributed by atoms with E-state index in [9.17, 15) is 8.78 Å². The van der Waals surface area contributed by atoms with Gasteiger partial charge in [0.25, 0.3) is 0 Å². The molecule has 0 aliphatic heterocycles. The molecule has 1 aromatic carbocycles. The lowest BCUT2D eigenvalue weighted by atomic mass is 10.1. The van der Waals surface area contributed by atoms with Crippen LogP contribution in [-0.2, 0) is 13.2 Å². The van der Waals surface area contributed by atoms with Gasteiger partial charge in [-0.25, -0.2) is 18.7 Å². The van der Waals surface area contributed by atoms with E-state index < -0.39 is 11.6 Å². The van der Waals surface area contributed by atoms with E-state index >= 15 is 0 Å². The highest BCUT2D eigenvalue weighted by Gasteiger charge is 2.18. The molecule has 2 aromatic heterocycles. The van der Waals surface area contributed by atoms with Gasteiger partial charge in [0, 0.05) is 11.8 Å². The van der Waals surface area contributed by atoms with Gasteiger partial charge in [-0.3, -0.25) is 4.68 Å². The molecule has 0 aliphatic carbocycles. The van der Waals surface area contributed by atoms with Gasteiger partial charge >= 0.3 is 0 Å². The van der Waals surface area contributed by atoms with E-state index in [0.717, 1.165) is 5.69 Å². The summed E-state index contributed by atoms with van der Waals surface area (Å²) in [5.74, 6) is -0.479. The van der Waals surface area contributed by atoms with Gasteiger partial charge in [-0.15, -0.1) is 0 Å². The Morgan fingerprint density at radius 3 is 2.52 bits per heavy atom. The maximum atomic E-state index is 14.3. The van der Waals surface area contributed by atoms with E-state index in [2.05, 4.69) is 20.4 Å². The maximum Gasteiger partial charge on any atom is 0.228 e. The van der Waals surface area contributed by atoms with Gasteiger partial charge in [0.15, 0.2) is 23.1 Å². The molecule has 0 bridgehead atoms. The summed E-state index contributed by atoms with van der Waals surface area (Å²) in [6, 6.07) is 3.08. The second kappa shape index (κ2) is 8.82. The second-order valence-corrected chi connectivity index (χ2v) is 6.28. The average Bonchev–Trinajstić information content (AvgIpc) is 3.05. The number of nitrogens with one attached hydrogen (secondary N) is 1. The normalized spacial score (nSPS) is 10.8. The standard InChI is InChI=1S/C19H21F2N5O3/c1-11-6-15(28-3)18(21)14(17(11)20)10-29-13-8-22-19(23-9-13)24-16-7-12(2)26(25-16)4-5-27/h6-9,27H,4-5,10H2,1-3H3,(H,22,23,24,25). The fourth-order valence-electron chi connectivity index (χ4n) is 2.70. The van der Waals surface area contributed by atoms with E-state index in [-0.39, 0.29) is 41.8 Å². The summed E-state index contributed by atoms with van der Waals surface area (Å²) >= 11 is 0. The van der Waals surface area contributed by atoms with E-state index in [1.54, 1.807) is 10.7 Å². The fraction of sp³-hybridized carbons (Fsp3) is 0.316. The lowest BCUT2D eigenvalue weighted by Crippen LogP contribution is -2.07. The molecule has 0 radical (unpaired) electrons. The topological polar surface area (TPSA) is 94.3 Å². The van der Waals surface area contributed by atoms with Gasteiger partial charge in [0.05, 0.1) is 38.2 Å². The summed E-state index contributed by atoms with van der Waals surface area (Å²) in [6.45, 7) is 3.42. The predicted molar refractivity (Wildman–Crippen MR) is 101 cm³/mol. The third kappa shape index (κ3) is 4.60. The molecule has 29 heavy (non-hydrogen) atoms. The minimum absolute atomic E-state index is 0.0154. The highest BCUT2D eigenvalue weighted by molar-refractivity contribution is 5.48. The van der Waals surface area contributed by atoms with Crippen molar-refractivity contribution >= 4 is 11.8 Å². The van der Waals surface area contributed by atoms with Crippen LogP contribution in [0.3, 0.4) is 0 Å². The number of ether oxygens (including phenoxy) is 2. The van der Waals surface area contributed by atoms with Crippen LogP contribution in [0, 0.1) is 25.5 Å². The highest BCUT2D eigenvalue weighted by Crippen LogP contribution is 2.27. The van der Waals surface area contributed by atoms with Gasteiger partial charge in [0.2, 0.25) is 5.95 Å². The third-order valence-electron chi connectivity index (χ3n) is 4.20. The van der Waals surface area contributed by atoms with Gasteiger partial charge in [0.1, 0.15) is 12.4 Å². The first-order valence-corrected chi connectivity index (χ1v) is 8.81. The van der Waals surface area contributed by atoms with Crippen molar-refractivity contribution in [2.24, 2.45) is 0 Å². The molecule has 154 valence electrons. The van der Waals surface area contributed by atoms with Crippen LogP contribution < -0.4 is 14.8 Å². The Morgan fingerprint density at radius 2 is 1.86 bits per heavy atom. The number of benzene rings is 1. The zero-order chi connectivity index (χ0) is 21.0. The zero-order valence-corrected chi connectivity index (χ0v) is 16.2. The molecule has 0 spiro atoms. The summed E-state index contributed by atoms with van der Waals surface area (Å²) in [5, 5.41) is 16.2. The number of halogens is 2. The van der Waals surface area contributed by atoms with Crippen molar-refractivity contribution in [1.82, 2.24) is 19.7 Å². The minimum Gasteiger partial charge on any atom is -0.494 e. The third-order valence-corrected chi connectivity index (χ3v) is 4.20. The van der Waals surface area contributed by atoms with E-state index in [1.807, 2.05) is 6.92 Å². The quantitative estimate of drug-likeness (QED) is 0.595. The molecular formula is C19H21F2N5O3. The van der Waals surface area contributed by atoms with E-state index in [4.69, 9.17) is 14.6 Å². The maximum absolute atomic E-state index is 14.3. The zero-order valence-electron chi connectivity index (χ0n) is 16.2. The van der Waals surface area contributed by atoms with Crippen LogP contribution in [0.25, 0.3) is 0 Å². The average molecular weight is 405 g/mol. The summed E-state index contributed by atoms with van der Waals surface area (Å²) in [6.07, 6.45) is 2.77. The smallest absolute Gasteiger partial charge is 0.228 e. The summed E-state index contributed by atoms with van der Waals surface area (Å²) < 4.78 is 40.5. The molecule has 3 rings (SSSR count). The minimum atomic E-state index is -0.802. The largest absolute Gasteiger partial charge is 0.494 e. The molecule has 2 N–H and O–H groups in total. The van der Waals surface area contributed by atoms with Crippen LogP contribution >= 0.6 is 0 Å². The Kier molecular flexibility index (Phi) is 6.23. The molecule has 0 fully saturated rings. The number of anilines is 2. The van der Waals surface area contributed by atoms with E-state index in [1.165, 1.54) is 32.5 Å². The number of methoxy groups -OCH3 is 1. The van der Waals surface area contributed by atoms with Gasteiger partial charge < -0.3 is 19.9 Å². The van der Waals surface area contributed by atoms with E-state index in [0.29, 0.717) is 12.4 Å².